The Balaban J connectivity index is 2.77. The van der Waals surface area contributed by atoms with E-state index >= 15 is 0 Å². The lowest BCUT2D eigenvalue weighted by atomic mass is 10.1. The largest absolute Gasteiger partial charge is 0.389 e. The van der Waals surface area contributed by atoms with E-state index in [4.69, 9.17) is 0 Å². The Bertz CT molecular complexity index is 351. The van der Waals surface area contributed by atoms with E-state index in [1.807, 2.05) is 0 Å². The van der Waals surface area contributed by atoms with Crippen molar-refractivity contribution in [3.05, 3.63) is 29.6 Å². The van der Waals surface area contributed by atoms with Crippen LogP contribution in [0.15, 0.2) is 18.3 Å². The lowest BCUT2D eigenvalue weighted by molar-refractivity contribution is 0.0200. The molecule has 16 heavy (non-hydrogen) atoms. The van der Waals surface area contributed by atoms with Gasteiger partial charge in [0.15, 0.2) is 5.78 Å². The molecule has 0 saturated carbocycles. The zero-order valence-corrected chi connectivity index (χ0v) is 9.34. The van der Waals surface area contributed by atoms with Crippen molar-refractivity contribution in [1.82, 2.24) is 10.3 Å². The van der Waals surface area contributed by atoms with Crippen LogP contribution in [0.25, 0.3) is 0 Å². The average Bonchev–Trinajstić information content (AvgIpc) is 2.28. The second-order valence-electron chi connectivity index (χ2n) is 3.60. The molecule has 0 aliphatic rings. The summed E-state index contributed by atoms with van der Waals surface area (Å²) in [6, 6.07) is 3.13. The highest BCUT2D eigenvalue weighted by Crippen LogP contribution is 2.15. The molecule has 3 N–H and O–H groups in total. The second kappa shape index (κ2) is 5.69. The molecule has 0 fully saturated rings. The number of aliphatic hydroxyl groups is 2. The minimum Gasteiger partial charge on any atom is -0.389 e. The van der Waals surface area contributed by atoms with Gasteiger partial charge in [0.2, 0.25) is 0 Å². The molecule has 0 aromatic carbocycles. The number of hydrogen-bond acceptors (Lipinski definition) is 5. The van der Waals surface area contributed by atoms with Gasteiger partial charge in [-0.15, -0.1) is 0 Å². The number of aliphatic hydroxyl groups excluding tert-OH is 2. The van der Waals surface area contributed by atoms with Crippen molar-refractivity contribution in [2.45, 2.75) is 19.1 Å². The first-order valence-corrected chi connectivity index (χ1v) is 5.04. The van der Waals surface area contributed by atoms with E-state index in [1.54, 1.807) is 13.1 Å². The molecule has 88 valence electrons. The number of carbonyl (C=O) groups excluding carboxylic acids is 1. The van der Waals surface area contributed by atoms with E-state index < -0.39 is 12.2 Å². The third-order valence-corrected chi connectivity index (χ3v) is 2.27. The smallest absolute Gasteiger partial charge is 0.178 e. The minimum absolute atomic E-state index is 0.128. The van der Waals surface area contributed by atoms with Crippen LogP contribution in [0.2, 0.25) is 0 Å². The molecule has 1 aromatic rings. The van der Waals surface area contributed by atoms with Gasteiger partial charge in [-0.2, -0.15) is 0 Å². The zero-order valence-electron chi connectivity index (χ0n) is 9.34. The van der Waals surface area contributed by atoms with E-state index in [9.17, 15) is 15.0 Å². The molecule has 2 atom stereocenters. The van der Waals surface area contributed by atoms with Gasteiger partial charge in [0.25, 0.3) is 0 Å². The molecule has 0 amide bonds. The molecule has 0 aliphatic carbocycles. The zero-order chi connectivity index (χ0) is 12.1. The maximum atomic E-state index is 11.0. The summed E-state index contributed by atoms with van der Waals surface area (Å²) in [4.78, 5) is 14.9. The summed E-state index contributed by atoms with van der Waals surface area (Å²) < 4.78 is 0. The molecule has 5 nitrogen and oxygen atoms in total. The highest BCUT2D eigenvalue weighted by Gasteiger charge is 2.17. The maximum absolute atomic E-state index is 11.0. The predicted octanol–water partition coefficient (Wildman–Crippen LogP) is -0.102. The Morgan fingerprint density at radius 3 is 2.62 bits per heavy atom. The summed E-state index contributed by atoms with van der Waals surface area (Å²) in [6.07, 6.45) is -0.490. The number of likely N-dealkylation sites (N-methyl/N-ethyl adjacent to an activating group) is 1. The molecule has 1 rings (SSSR count). The van der Waals surface area contributed by atoms with Crippen LogP contribution in [0.5, 0.6) is 0 Å². The number of hydrogen-bond donors (Lipinski definition) is 3. The van der Waals surface area contributed by atoms with Gasteiger partial charge in [-0.05, 0) is 13.1 Å². The number of nitrogens with zero attached hydrogens (tertiary/aromatic N) is 1. The number of nitrogens with one attached hydrogen (secondary N) is 1. The fourth-order valence-electron chi connectivity index (χ4n) is 1.33. The quantitative estimate of drug-likeness (QED) is 0.608. The molecule has 0 radical (unpaired) electrons. The highest BCUT2D eigenvalue weighted by molar-refractivity contribution is 5.91. The van der Waals surface area contributed by atoms with Crippen LogP contribution in [-0.2, 0) is 0 Å². The number of rotatable bonds is 5. The van der Waals surface area contributed by atoms with Gasteiger partial charge < -0.3 is 15.5 Å². The Hall–Kier alpha value is -1.30. The second-order valence-corrected chi connectivity index (χ2v) is 3.60. The first-order chi connectivity index (χ1) is 7.56. The SMILES string of the molecule is CNCC(O)C(O)c1ccc(C(C)=O)nc1. The lowest BCUT2D eigenvalue weighted by Gasteiger charge is -2.17. The van der Waals surface area contributed by atoms with Crippen molar-refractivity contribution in [2.75, 3.05) is 13.6 Å². The van der Waals surface area contributed by atoms with E-state index in [-0.39, 0.29) is 12.3 Å². The van der Waals surface area contributed by atoms with Crippen molar-refractivity contribution >= 4 is 5.78 Å². The highest BCUT2D eigenvalue weighted by atomic mass is 16.3. The van der Waals surface area contributed by atoms with E-state index in [0.717, 1.165) is 0 Å². The topological polar surface area (TPSA) is 82.5 Å². The van der Waals surface area contributed by atoms with Crippen LogP contribution in [0.3, 0.4) is 0 Å². The standard InChI is InChI=1S/C11H16N2O3/c1-7(14)9-4-3-8(5-13-9)11(16)10(15)6-12-2/h3-5,10-12,15-16H,6H2,1-2H3. The molecular weight excluding hydrogens is 208 g/mol. The van der Waals surface area contributed by atoms with Gasteiger partial charge in [0.1, 0.15) is 11.8 Å². The molecule has 0 spiro atoms. The Morgan fingerprint density at radius 1 is 1.50 bits per heavy atom. The summed E-state index contributed by atoms with van der Waals surface area (Å²) >= 11 is 0. The van der Waals surface area contributed by atoms with Crippen molar-refractivity contribution in [2.24, 2.45) is 0 Å². The van der Waals surface area contributed by atoms with Gasteiger partial charge in [-0.3, -0.25) is 9.78 Å². The summed E-state index contributed by atoms with van der Waals surface area (Å²) in [6.45, 7) is 1.71. The minimum atomic E-state index is -0.999. The lowest BCUT2D eigenvalue weighted by Crippen LogP contribution is -2.29. The van der Waals surface area contributed by atoms with Gasteiger partial charge in [-0.1, -0.05) is 6.07 Å². The van der Waals surface area contributed by atoms with Crippen LogP contribution in [0.4, 0.5) is 0 Å². The van der Waals surface area contributed by atoms with Crippen molar-refractivity contribution in [1.29, 1.82) is 0 Å². The van der Waals surface area contributed by atoms with Crippen LogP contribution < -0.4 is 5.32 Å². The van der Waals surface area contributed by atoms with Crippen LogP contribution in [0, 0.1) is 0 Å². The van der Waals surface area contributed by atoms with E-state index in [2.05, 4.69) is 10.3 Å². The van der Waals surface area contributed by atoms with Crippen LogP contribution >= 0.6 is 0 Å². The van der Waals surface area contributed by atoms with Crippen molar-refractivity contribution < 1.29 is 15.0 Å². The Kier molecular flexibility index (Phi) is 4.54. The molecule has 1 aromatic heterocycles. The molecule has 1 heterocycles. The summed E-state index contributed by atoms with van der Waals surface area (Å²) in [7, 11) is 1.69. The van der Waals surface area contributed by atoms with Crippen LogP contribution in [-0.4, -0.2) is 40.7 Å². The van der Waals surface area contributed by atoms with Gasteiger partial charge in [0, 0.05) is 25.2 Å². The molecule has 0 saturated heterocycles. The summed E-state index contributed by atoms with van der Waals surface area (Å²) in [5, 5.41) is 22.0. The fraction of sp³-hybridized carbons (Fsp3) is 0.455. The summed E-state index contributed by atoms with van der Waals surface area (Å²) in [5.41, 5.74) is 0.840. The number of pyridine rings is 1. The molecule has 5 heteroatoms. The predicted molar refractivity (Wildman–Crippen MR) is 59.1 cm³/mol. The van der Waals surface area contributed by atoms with E-state index in [0.29, 0.717) is 11.3 Å². The average molecular weight is 224 g/mol. The number of aromatic nitrogens is 1. The van der Waals surface area contributed by atoms with Crippen molar-refractivity contribution in [3.63, 3.8) is 0 Å². The van der Waals surface area contributed by atoms with Gasteiger partial charge in [0.05, 0.1) is 6.10 Å². The van der Waals surface area contributed by atoms with Gasteiger partial charge >= 0.3 is 0 Å². The van der Waals surface area contributed by atoms with E-state index in [1.165, 1.54) is 19.2 Å². The van der Waals surface area contributed by atoms with Crippen molar-refractivity contribution in [3.8, 4) is 0 Å². The number of ketones is 1. The fourth-order valence-corrected chi connectivity index (χ4v) is 1.33. The maximum Gasteiger partial charge on any atom is 0.178 e. The third-order valence-electron chi connectivity index (χ3n) is 2.27. The molecule has 0 aliphatic heterocycles. The first kappa shape index (κ1) is 12.8. The molecule has 0 bridgehead atoms. The Labute approximate surface area is 94.1 Å². The number of carbonyl (C=O) groups is 1. The normalized spacial score (nSPS) is 14.5. The Morgan fingerprint density at radius 2 is 2.19 bits per heavy atom. The summed E-state index contributed by atoms with van der Waals surface area (Å²) in [5.74, 6) is -0.128. The first-order valence-electron chi connectivity index (χ1n) is 5.04. The number of Topliss-reactive ketones (excluding diaryl/α,β-unsaturated/α-hetero) is 1. The monoisotopic (exact) mass is 224 g/mol. The van der Waals surface area contributed by atoms with Crippen LogP contribution in [0.1, 0.15) is 29.1 Å². The third kappa shape index (κ3) is 3.10. The van der Waals surface area contributed by atoms with Gasteiger partial charge in [-0.25, -0.2) is 0 Å². The molecule has 2 unspecified atom stereocenters. The molecular formula is C11H16N2O3.